The van der Waals surface area contributed by atoms with E-state index < -0.39 is 0 Å². The second-order valence-corrected chi connectivity index (χ2v) is 5.31. The predicted octanol–water partition coefficient (Wildman–Crippen LogP) is 4.67. The highest BCUT2D eigenvalue weighted by molar-refractivity contribution is 9.08. The van der Waals surface area contributed by atoms with Crippen molar-refractivity contribution in [1.82, 2.24) is 0 Å². The maximum absolute atomic E-state index is 12.9. The highest BCUT2D eigenvalue weighted by Gasteiger charge is 2.07. The standard InChI is InChI=1S/C16H17BrFN/c1-12-3-8-16(14(9-12)10-17)19(2)11-13-4-6-15(18)7-5-13/h3-9H,10-11H2,1-2H3. The number of alkyl halides is 1. The van der Waals surface area contributed by atoms with Crippen LogP contribution in [-0.2, 0) is 11.9 Å². The lowest BCUT2D eigenvalue weighted by atomic mass is 10.1. The number of halogens is 2. The molecule has 0 heterocycles. The van der Waals surface area contributed by atoms with E-state index in [-0.39, 0.29) is 5.82 Å². The maximum Gasteiger partial charge on any atom is 0.123 e. The Morgan fingerprint density at radius 2 is 1.79 bits per heavy atom. The van der Waals surface area contributed by atoms with Gasteiger partial charge in [0.05, 0.1) is 0 Å². The molecule has 0 aliphatic heterocycles. The molecule has 0 aromatic heterocycles. The van der Waals surface area contributed by atoms with Gasteiger partial charge in [0.15, 0.2) is 0 Å². The Bertz CT molecular complexity index is 551. The van der Waals surface area contributed by atoms with E-state index in [0.29, 0.717) is 0 Å². The van der Waals surface area contributed by atoms with Crippen LogP contribution in [0.4, 0.5) is 10.1 Å². The summed E-state index contributed by atoms with van der Waals surface area (Å²) < 4.78 is 12.9. The van der Waals surface area contributed by atoms with Crippen LogP contribution in [0.1, 0.15) is 16.7 Å². The molecule has 1 nitrogen and oxygen atoms in total. The van der Waals surface area contributed by atoms with Gasteiger partial charge >= 0.3 is 0 Å². The Labute approximate surface area is 122 Å². The van der Waals surface area contributed by atoms with Crippen molar-refractivity contribution in [2.75, 3.05) is 11.9 Å². The molecule has 0 radical (unpaired) electrons. The predicted molar refractivity (Wildman–Crippen MR) is 82.3 cm³/mol. The number of benzene rings is 2. The zero-order valence-corrected chi connectivity index (χ0v) is 12.7. The Morgan fingerprint density at radius 3 is 2.42 bits per heavy atom. The zero-order chi connectivity index (χ0) is 13.8. The van der Waals surface area contributed by atoms with Crippen LogP contribution in [0.2, 0.25) is 0 Å². The molecule has 0 bridgehead atoms. The molecular weight excluding hydrogens is 305 g/mol. The van der Waals surface area contributed by atoms with Crippen LogP contribution < -0.4 is 4.90 Å². The topological polar surface area (TPSA) is 3.24 Å². The van der Waals surface area contributed by atoms with Crippen molar-refractivity contribution in [3.05, 3.63) is 65.0 Å². The van der Waals surface area contributed by atoms with E-state index in [4.69, 9.17) is 0 Å². The van der Waals surface area contributed by atoms with E-state index in [0.717, 1.165) is 17.4 Å². The van der Waals surface area contributed by atoms with Crippen molar-refractivity contribution in [2.24, 2.45) is 0 Å². The third-order valence-corrected chi connectivity index (χ3v) is 3.73. The molecule has 19 heavy (non-hydrogen) atoms. The number of hydrogen-bond donors (Lipinski definition) is 0. The molecule has 0 unspecified atom stereocenters. The molecule has 0 fully saturated rings. The van der Waals surface area contributed by atoms with E-state index >= 15 is 0 Å². The van der Waals surface area contributed by atoms with Crippen molar-refractivity contribution < 1.29 is 4.39 Å². The molecule has 3 heteroatoms. The first-order valence-corrected chi connectivity index (χ1v) is 7.33. The maximum atomic E-state index is 12.9. The van der Waals surface area contributed by atoms with E-state index in [1.54, 1.807) is 0 Å². The Kier molecular flexibility index (Phi) is 4.59. The summed E-state index contributed by atoms with van der Waals surface area (Å²) in [5, 5.41) is 0.831. The van der Waals surface area contributed by atoms with Crippen LogP contribution in [0.15, 0.2) is 42.5 Å². The average molecular weight is 322 g/mol. The fraction of sp³-hybridized carbons (Fsp3) is 0.250. The lowest BCUT2D eigenvalue weighted by Gasteiger charge is -2.22. The van der Waals surface area contributed by atoms with Gasteiger partial charge in [-0.25, -0.2) is 4.39 Å². The number of hydrogen-bond acceptors (Lipinski definition) is 1. The molecule has 0 amide bonds. The normalized spacial score (nSPS) is 10.5. The fourth-order valence-corrected chi connectivity index (χ4v) is 2.59. The van der Waals surface area contributed by atoms with Crippen molar-refractivity contribution in [1.29, 1.82) is 0 Å². The first-order chi connectivity index (χ1) is 9.10. The molecule has 0 aliphatic carbocycles. The Morgan fingerprint density at radius 1 is 1.11 bits per heavy atom. The van der Waals surface area contributed by atoms with Gasteiger partial charge in [-0.05, 0) is 36.2 Å². The summed E-state index contributed by atoms with van der Waals surface area (Å²) in [7, 11) is 2.06. The second kappa shape index (κ2) is 6.20. The van der Waals surface area contributed by atoms with Crippen molar-refractivity contribution in [3.8, 4) is 0 Å². The number of anilines is 1. The highest BCUT2D eigenvalue weighted by atomic mass is 79.9. The summed E-state index contributed by atoms with van der Waals surface area (Å²) in [5.41, 5.74) is 4.83. The van der Waals surface area contributed by atoms with Crippen LogP contribution in [0.25, 0.3) is 0 Å². The van der Waals surface area contributed by atoms with E-state index in [9.17, 15) is 4.39 Å². The van der Waals surface area contributed by atoms with Gasteiger partial charge in [-0.1, -0.05) is 45.8 Å². The van der Waals surface area contributed by atoms with Gasteiger partial charge in [0.2, 0.25) is 0 Å². The largest absolute Gasteiger partial charge is 0.370 e. The first-order valence-electron chi connectivity index (χ1n) is 6.21. The fourth-order valence-electron chi connectivity index (χ4n) is 2.14. The minimum absolute atomic E-state index is 0.192. The number of aryl methyl sites for hydroxylation is 1. The molecule has 0 N–H and O–H groups in total. The Hall–Kier alpha value is -1.35. The highest BCUT2D eigenvalue weighted by Crippen LogP contribution is 2.24. The van der Waals surface area contributed by atoms with Crippen molar-refractivity contribution >= 4 is 21.6 Å². The summed E-state index contributed by atoms with van der Waals surface area (Å²) in [4.78, 5) is 2.18. The van der Waals surface area contributed by atoms with Gasteiger partial charge in [0, 0.05) is 24.6 Å². The van der Waals surface area contributed by atoms with Crippen LogP contribution in [0.3, 0.4) is 0 Å². The quantitative estimate of drug-likeness (QED) is 0.740. The third-order valence-electron chi connectivity index (χ3n) is 3.12. The molecule has 0 spiro atoms. The van der Waals surface area contributed by atoms with Crippen LogP contribution >= 0.6 is 15.9 Å². The summed E-state index contributed by atoms with van der Waals surface area (Å²) in [6.45, 7) is 2.86. The molecule has 2 aromatic rings. The lowest BCUT2D eigenvalue weighted by molar-refractivity contribution is 0.627. The van der Waals surface area contributed by atoms with Gasteiger partial charge in [-0.3, -0.25) is 0 Å². The van der Waals surface area contributed by atoms with E-state index in [1.807, 2.05) is 12.1 Å². The summed E-state index contributed by atoms with van der Waals surface area (Å²) in [6.07, 6.45) is 0. The summed E-state index contributed by atoms with van der Waals surface area (Å²) in [6, 6.07) is 13.1. The summed E-state index contributed by atoms with van der Waals surface area (Å²) >= 11 is 3.53. The minimum atomic E-state index is -0.192. The summed E-state index contributed by atoms with van der Waals surface area (Å²) in [5.74, 6) is -0.192. The smallest absolute Gasteiger partial charge is 0.123 e. The zero-order valence-electron chi connectivity index (χ0n) is 11.2. The van der Waals surface area contributed by atoms with Crippen molar-refractivity contribution in [2.45, 2.75) is 18.8 Å². The molecule has 100 valence electrons. The molecule has 0 saturated heterocycles. The molecule has 2 aromatic carbocycles. The van der Waals surface area contributed by atoms with Crippen LogP contribution in [0, 0.1) is 12.7 Å². The Balaban J connectivity index is 2.19. The molecule has 0 aliphatic rings. The number of nitrogens with zero attached hydrogens (tertiary/aromatic N) is 1. The first kappa shape index (κ1) is 14.1. The average Bonchev–Trinajstić information content (AvgIpc) is 2.41. The molecule has 2 rings (SSSR count). The lowest BCUT2D eigenvalue weighted by Crippen LogP contribution is -2.17. The monoisotopic (exact) mass is 321 g/mol. The van der Waals surface area contributed by atoms with Gasteiger partial charge in [-0.2, -0.15) is 0 Å². The van der Waals surface area contributed by atoms with Crippen LogP contribution in [-0.4, -0.2) is 7.05 Å². The molecule has 0 saturated carbocycles. The van der Waals surface area contributed by atoms with Crippen LogP contribution in [0.5, 0.6) is 0 Å². The van der Waals surface area contributed by atoms with Gasteiger partial charge in [-0.15, -0.1) is 0 Å². The van der Waals surface area contributed by atoms with Gasteiger partial charge in [0.1, 0.15) is 5.82 Å². The number of rotatable bonds is 4. The van der Waals surface area contributed by atoms with E-state index in [2.05, 4.69) is 53.0 Å². The van der Waals surface area contributed by atoms with Crippen molar-refractivity contribution in [3.63, 3.8) is 0 Å². The van der Waals surface area contributed by atoms with Gasteiger partial charge in [0.25, 0.3) is 0 Å². The SMILES string of the molecule is Cc1ccc(N(C)Cc2ccc(F)cc2)c(CBr)c1. The van der Waals surface area contributed by atoms with E-state index in [1.165, 1.54) is 28.9 Å². The van der Waals surface area contributed by atoms with Gasteiger partial charge < -0.3 is 4.90 Å². The minimum Gasteiger partial charge on any atom is -0.370 e. The third kappa shape index (κ3) is 3.57. The second-order valence-electron chi connectivity index (χ2n) is 4.75. The molecule has 0 atom stereocenters. The molecular formula is C16H17BrFN.